The molecule has 1 heterocycles. The Morgan fingerprint density at radius 3 is 2.10 bits per heavy atom. The minimum atomic E-state index is -0.606. The fourth-order valence-electron chi connectivity index (χ4n) is 3.63. The lowest BCUT2D eigenvalue weighted by Gasteiger charge is -2.19. The number of hydrogen-bond acceptors (Lipinski definition) is 4. The van der Waals surface area contributed by atoms with Crippen molar-refractivity contribution in [3.05, 3.63) is 83.7 Å². The van der Waals surface area contributed by atoms with E-state index in [0.29, 0.717) is 5.56 Å². The molecule has 1 aromatic heterocycles. The predicted molar refractivity (Wildman–Crippen MR) is 110 cm³/mol. The first-order valence-corrected chi connectivity index (χ1v) is 9.60. The molecule has 0 N–H and O–H groups in total. The number of carbonyl (C=O) groups is 2. The quantitative estimate of drug-likeness (QED) is 0.575. The van der Waals surface area contributed by atoms with Gasteiger partial charge in [0.1, 0.15) is 12.2 Å². The number of benzene rings is 2. The zero-order chi connectivity index (χ0) is 20.6. The Hall–Kier alpha value is -3.34. The maximum absolute atomic E-state index is 12.6. The van der Waals surface area contributed by atoms with E-state index in [2.05, 4.69) is 24.3 Å². The molecule has 0 spiro atoms. The van der Waals surface area contributed by atoms with Gasteiger partial charge in [-0.2, -0.15) is 0 Å². The Labute approximate surface area is 169 Å². The Morgan fingerprint density at radius 1 is 0.931 bits per heavy atom. The van der Waals surface area contributed by atoms with Crippen molar-refractivity contribution in [3.63, 3.8) is 0 Å². The van der Waals surface area contributed by atoms with Crippen LogP contribution in [0.5, 0.6) is 0 Å². The minimum Gasteiger partial charge on any atom is -0.461 e. The van der Waals surface area contributed by atoms with Crippen LogP contribution in [0, 0.1) is 0 Å². The molecule has 0 atom stereocenters. The van der Waals surface area contributed by atoms with E-state index in [1.807, 2.05) is 24.3 Å². The molecule has 1 aliphatic carbocycles. The van der Waals surface area contributed by atoms with E-state index in [1.54, 1.807) is 26.8 Å². The Morgan fingerprint density at radius 2 is 1.52 bits per heavy atom. The summed E-state index contributed by atoms with van der Waals surface area (Å²) in [4.78, 5) is 24.7. The van der Waals surface area contributed by atoms with Crippen molar-refractivity contribution in [1.82, 2.24) is 4.57 Å². The number of aromatic nitrogens is 1. The van der Waals surface area contributed by atoms with Crippen LogP contribution >= 0.6 is 0 Å². The summed E-state index contributed by atoms with van der Waals surface area (Å²) in [6.45, 7) is 5.62. The number of esters is 1. The summed E-state index contributed by atoms with van der Waals surface area (Å²) in [7, 11) is 0. The van der Waals surface area contributed by atoms with Crippen LogP contribution in [-0.2, 0) is 9.47 Å². The van der Waals surface area contributed by atoms with E-state index in [9.17, 15) is 9.59 Å². The molecule has 0 saturated heterocycles. The van der Waals surface area contributed by atoms with Gasteiger partial charge < -0.3 is 9.47 Å². The average Bonchev–Trinajstić information content (AvgIpc) is 3.29. The van der Waals surface area contributed by atoms with E-state index in [-0.39, 0.29) is 12.5 Å². The minimum absolute atomic E-state index is 0.000656. The third kappa shape index (κ3) is 3.81. The van der Waals surface area contributed by atoms with E-state index in [1.165, 1.54) is 28.1 Å². The summed E-state index contributed by atoms with van der Waals surface area (Å²) < 4.78 is 12.2. The van der Waals surface area contributed by atoms with Crippen LogP contribution in [0.25, 0.3) is 11.1 Å². The van der Waals surface area contributed by atoms with Crippen molar-refractivity contribution in [2.24, 2.45) is 0 Å². The highest BCUT2D eigenvalue weighted by atomic mass is 16.6. The third-order valence-electron chi connectivity index (χ3n) is 4.88. The van der Waals surface area contributed by atoms with E-state index in [4.69, 9.17) is 9.47 Å². The van der Waals surface area contributed by atoms with Gasteiger partial charge >= 0.3 is 12.1 Å². The Bertz CT molecular complexity index is 1030. The zero-order valence-corrected chi connectivity index (χ0v) is 16.7. The number of rotatable bonds is 3. The summed E-state index contributed by atoms with van der Waals surface area (Å²) in [5, 5.41) is 0. The molecule has 0 amide bonds. The molecule has 1 aliphatic rings. The molecule has 5 nitrogen and oxygen atoms in total. The Kier molecular flexibility index (Phi) is 4.74. The van der Waals surface area contributed by atoms with Gasteiger partial charge in [-0.05, 0) is 49.1 Å². The summed E-state index contributed by atoms with van der Waals surface area (Å²) in [6, 6.07) is 17.9. The molecule has 4 rings (SSSR count). The van der Waals surface area contributed by atoms with Gasteiger partial charge in [-0.3, -0.25) is 4.57 Å². The molecule has 0 fully saturated rings. The summed E-state index contributed by atoms with van der Waals surface area (Å²) in [6.07, 6.45) is 2.41. The van der Waals surface area contributed by atoms with Gasteiger partial charge in [-0.25, -0.2) is 9.59 Å². The van der Waals surface area contributed by atoms with Crippen molar-refractivity contribution in [1.29, 1.82) is 0 Å². The SMILES string of the molecule is CC(C)(C)OC(=O)n1ccc(C(=O)OCC2c3ccccc3-c3ccccc32)c1. The molecule has 29 heavy (non-hydrogen) atoms. The smallest absolute Gasteiger partial charge is 0.418 e. The van der Waals surface area contributed by atoms with Crippen molar-refractivity contribution in [2.75, 3.05) is 6.61 Å². The summed E-state index contributed by atoms with van der Waals surface area (Å²) >= 11 is 0. The van der Waals surface area contributed by atoms with Crippen LogP contribution in [-0.4, -0.2) is 28.8 Å². The second kappa shape index (κ2) is 7.24. The highest BCUT2D eigenvalue weighted by Crippen LogP contribution is 2.44. The monoisotopic (exact) mass is 389 g/mol. The second-order valence-electron chi connectivity index (χ2n) is 8.11. The number of carbonyl (C=O) groups excluding carboxylic acids is 2. The van der Waals surface area contributed by atoms with E-state index < -0.39 is 17.7 Å². The molecule has 5 heteroatoms. The molecule has 0 radical (unpaired) electrons. The van der Waals surface area contributed by atoms with Gasteiger partial charge in [0.05, 0.1) is 5.56 Å². The van der Waals surface area contributed by atoms with Gasteiger partial charge in [-0.15, -0.1) is 0 Å². The number of nitrogens with zero attached hydrogens (tertiary/aromatic N) is 1. The predicted octanol–water partition coefficient (Wildman–Crippen LogP) is 5.24. The van der Waals surface area contributed by atoms with Crippen molar-refractivity contribution in [3.8, 4) is 11.1 Å². The van der Waals surface area contributed by atoms with Crippen LogP contribution in [0.15, 0.2) is 67.0 Å². The Balaban J connectivity index is 1.48. The highest BCUT2D eigenvalue weighted by Gasteiger charge is 2.29. The highest BCUT2D eigenvalue weighted by molar-refractivity contribution is 5.90. The first-order valence-electron chi connectivity index (χ1n) is 9.60. The lowest BCUT2D eigenvalue weighted by molar-refractivity contribution is 0.0493. The van der Waals surface area contributed by atoms with Crippen LogP contribution in [0.4, 0.5) is 4.79 Å². The largest absolute Gasteiger partial charge is 0.461 e. The molecule has 0 unspecified atom stereocenters. The second-order valence-corrected chi connectivity index (χ2v) is 8.11. The fourth-order valence-corrected chi connectivity index (χ4v) is 3.63. The lowest BCUT2D eigenvalue weighted by atomic mass is 9.98. The van der Waals surface area contributed by atoms with Crippen molar-refractivity contribution >= 4 is 12.1 Å². The molecule has 0 saturated carbocycles. The molecule has 0 bridgehead atoms. The number of ether oxygens (including phenoxy) is 2. The first-order chi connectivity index (χ1) is 13.8. The maximum Gasteiger partial charge on any atom is 0.418 e. The summed E-state index contributed by atoms with van der Waals surface area (Å²) in [5.74, 6) is -0.464. The van der Waals surface area contributed by atoms with Gasteiger partial charge in [0, 0.05) is 18.3 Å². The third-order valence-corrected chi connectivity index (χ3v) is 4.88. The van der Waals surface area contributed by atoms with Crippen molar-refractivity contribution in [2.45, 2.75) is 32.3 Å². The standard InChI is InChI=1S/C24H23NO4/c1-24(2,3)29-23(27)25-13-12-16(14-25)22(26)28-15-21-19-10-6-4-8-17(19)18-9-5-7-11-20(18)21/h4-14,21H,15H2,1-3H3. The molecule has 3 aromatic rings. The molecule has 0 aliphatic heterocycles. The summed E-state index contributed by atoms with van der Waals surface area (Å²) in [5.41, 5.74) is 4.39. The lowest BCUT2D eigenvalue weighted by Crippen LogP contribution is -2.26. The van der Waals surface area contributed by atoms with E-state index in [0.717, 1.165) is 11.1 Å². The zero-order valence-electron chi connectivity index (χ0n) is 16.7. The molecular weight excluding hydrogens is 366 g/mol. The normalized spacial score (nSPS) is 12.9. The van der Waals surface area contributed by atoms with Crippen LogP contribution in [0.3, 0.4) is 0 Å². The topological polar surface area (TPSA) is 57.5 Å². The molecule has 2 aromatic carbocycles. The van der Waals surface area contributed by atoms with Gasteiger partial charge in [0.2, 0.25) is 0 Å². The van der Waals surface area contributed by atoms with Gasteiger partial charge in [0.25, 0.3) is 0 Å². The number of hydrogen-bond donors (Lipinski definition) is 0. The van der Waals surface area contributed by atoms with E-state index >= 15 is 0 Å². The molecule has 148 valence electrons. The van der Waals surface area contributed by atoms with Crippen LogP contribution in [0.2, 0.25) is 0 Å². The van der Waals surface area contributed by atoms with Gasteiger partial charge in [0.15, 0.2) is 0 Å². The van der Waals surface area contributed by atoms with Gasteiger partial charge in [-0.1, -0.05) is 48.5 Å². The maximum atomic E-state index is 12.6. The van der Waals surface area contributed by atoms with Crippen LogP contribution in [0.1, 0.15) is 48.2 Å². The van der Waals surface area contributed by atoms with Crippen LogP contribution < -0.4 is 0 Å². The fraction of sp³-hybridized carbons (Fsp3) is 0.250. The average molecular weight is 389 g/mol. The first kappa shape index (κ1) is 19.0. The number of fused-ring (bicyclic) bond motifs is 3. The molecular formula is C24H23NO4. The van der Waals surface area contributed by atoms with Crippen molar-refractivity contribution < 1.29 is 19.1 Å².